The van der Waals surface area contributed by atoms with Gasteiger partial charge in [0.1, 0.15) is 0 Å². The summed E-state index contributed by atoms with van der Waals surface area (Å²) in [6.07, 6.45) is 2.15. The van der Waals surface area contributed by atoms with E-state index in [9.17, 15) is 15.2 Å². The summed E-state index contributed by atoms with van der Waals surface area (Å²) in [7, 11) is 1.41. The number of hydrogen-bond donors (Lipinski definition) is 1. The molecule has 1 rings (SSSR count). The Bertz CT molecular complexity index is 373. The summed E-state index contributed by atoms with van der Waals surface area (Å²) < 4.78 is 4.84. The van der Waals surface area contributed by atoms with E-state index in [2.05, 4.69) is 0 Å². The fourth-order valence-electron chi connectivity index (χ4n) is 0.945. The second kappa shape index (κ2) is 4.27. The molecule has 0 aliphatic carbocycles. The largest absolute Gasteiger partial charge is 0.504 e. The first-order valence-corrected chi connectivity index (χ1v) is 3.82. The first kappa shape index (κ1) is 10.0. The molecule has 0 bridgehead atoms. The first-order chi connectivity index (χ1) is 6.63. The van der Waals surface area contributed by atoms with Crippen LogP contribution in [0.5, 0.6) is 11.5 Å². The molecule has 0 saturated carbocycles. The number of methoxy groups -OCH3 is 1. The molecule has 1 aromatic rings. The van der Waals surface area contributed by atoms with E-state index in [4.69, 9.17) is 4.74 Å². The van der Waals surface area contributed by atoms with Crippen molar-refractivity contribution >= 4 is 6.08 Å². The van der Waals surface area contributed by atoms with Gasteiger partial charge in [-0.15, -0.1) is 0 Å². The van der Waals surface area contributed by atoms with Gasteiger partial charge in [-0.2, -0.15) is 0 Å². The smallest absolute Gasteiger partial charge is 0.235 e. The third kappa shape index (κ3) is 2.48. The number of aromatic hydroxyl groups is 1. The molecule has 0 aliphatic rings. The van der Waals surface area contributed by atoms with Gasteiger partial charge in [-0.1, -0.05) is 6.07 Å². The molecule has 0 fully saturated rings. The maximum absolute atomic E-state index is 10.0. The number of phenolic OH excluding ortho intramolecular Hbond substituents is 1. The standard InChI is InChI=1S/C9H9NO4/c1-14-9-6-7(2-3-8(9)11)4-5-10(12)13/h2-6,11H,1H3. The maximum Gasteiger partial charge on any atom is 0.235 e. The van der Waals surface area contributed by atoms with Gasteiger partial charge in [0.2, 0.25) is 6.20 Å². The zero-order chi connectivity index (χ0) is 10.6. The van der Waals surface area contributed by atoms with Crippen molar-refractivity contribution < 1.29 is 14.8 Å². The molecule has 5 heteroatoms. The molecule has 14 heavy (non-hydrogen) atoms. The molecular weight excluding hydrogens is 186 g/mol. The Labute approximate surface area is 80.4 Å². The van der Waals surface area contributed by atoms with Gasteiger partial charge in [0.05, 0.1) is 12.0 Å². The van der Waals surface area contributed by atoms with Gasteiger partial charge in [0.25, 0.3) is 0 Å². The Balaban J connectivity index is 2.95. The van der Waals surface area contributed by atoms with Crippen LogP contribution < -0.4 is 4.74 Å². The van der Waals surface area contributed by atoms with E-state index in [-0.39, 0.29) is 11.5 Å². The zero-order valence-corrected chi connectivity index (χ0v) is 7.51. The van der Waals surface area contributed by atoms with E-state index in [1.54, 1.807) is 6.07 Å². The molecule has 0 spiro atoms. The molecular formula is C9H9NO4. The third-order valence-corrected chi connectivity index (χ3v) is 1.59. The summed E-state index contributed by atoms with van der Waals surface area (Å²) in [6, 6.07) is 4.48. The minimum atomic E-state index is -0.556. The lowest BCUT2D eigenvalue weighted by Crippen LogP contribution is -1.85. The van der Waals surface area contributed by atoms with E-state index in [0.717, 1.165) is 6.20 Å². The summed E-state index contributed by atoms with van der Waals surface area (Å²) >= 11 is 0. The number of hydrogen-bond acceptors (Lipinski definition) is 4. The molecule has 0 radical (unpaired) electrons. The van der Waals surface area contributed by atoms with Crippen LogP contribution in [0.2, 0.25) is 0 Å². The Morgan fingerprint density at radius 1 is 1.57 bits per heavy atom. The average Bonchev–Trinajstić information content (AvgIpc) is 2.16. The molecule has 1 aromatic carbocycles. The Hall–Kier alpha value is -2.04. The van der Waals surface area contributed by atoms with Gasteiger partial charge in [0.15, 0.2) is 11.5 Å². The Morgan fingerprint density at radius 3 is 2.86 bits per heavy atom. The van der Waals surface area contributed by atoms with Crippen LogP contribution in [0, 0.1) is 10.1 Å². The fourth-order valence-corrected chi connectivity index (χ4v) is 0.945. The number of rotatable bonds is 3. The van der Waals surface area contributed by atoms with E-state index in [1.165, 1.54) is 25.3 Å². The van der Waals surface area contributed by atoms with Crippen molar-refractivity contribution in [3.63, 3.8) is 0 Å². The lowest BCUT2D eigenvalue weighted by atomic mass is 10.2. The zero-order valence-electron chi connectivity index (χ0n) is 7.51. The fraction of sp³-hybridized carbons (Fsp3) is 0.111. The highest BCUT2D eigenvalue weighted by molar-refractivity contribution is 5.54. The van der Waals surface area contributed by atoms with Crippen molar-refractivity contribution in [2.45, 2.75) is 0 Å². The minimum absolute atomic E-state index is 0.00533. The SMILES string of the molecule is COc1cc(C=C[N+](=O)[O-])ccc1O. The Morgan fingerprint density at radius 2 is 2.29 bits per heavy atom. The monoisotopic (exact) mass is 195 g/mol. The topological polar surface area (TPSA) is 72.6 Å². The van der Waals surface area contributed by atoms with Crippen molar-refractivity contribution in [3.8, 4) is 11.5 Å². The van der Waals surface area contributed by atoms with Crippen molar-refractivity contribution in [2.24, 2.45) is 0 Å². The van der Waals surface area contributed by atoms with Crippen molar-refractivity contribution in [2.75, 3.05) is 7.11 Å². The van der Waals surface area contributed by atoms with E-state index >= 15 is 0 Å². The summed E-state index contributed by atoms with van der Waals surface area (Å²) in [5.41, 5.74) is 0.594. The minimum Gasteiger partial charge on any atom is -0.504 e. The van der Waals surface area contributed by atoms with Gasteiger partial charge < -0.3 is 9.84 Å². The number of nitrogens with zero attached hydrogens (tertiary/aromatic N) is 1. The molecule has 0 aromatic heterocycles. The third-order valence-electron chi connectivity index (χ3n) is 1.59. The van der Waals surface area contributed by atoms with Gasteiger partial charge in [0, 0.05) is 6.08 Å². The highest BCUT2D eigenvalue weighted by atomic mass is 16.6. The molecule has 0 heterocycles. The van der Waals surface area contributed by atoms with Crippen LogP contribution in [0.1, 0.15) is 5.56 Å². The molecule has 1 N–H and O–H groups in total. The summed E-state index contributed by atoms with van der Waals surface area (Å²) in [4.78, 5) is 9.48. The number of nitro groups is 1. The molecule has 0 unspecified atom stereocenters. The van der Waals surface area contributed by atoms with Gasteiger partial charge in [-0.25, -0.2) is 0 Å². The number of ether oxygens (including phenoxy) is 1. The highest BCUT2D eigenvalue weighted by Crippen LogP contribution is 2.26. The normalized spacial score (nSPS) is 10.4. The van der Waals surface area contributed by atoms with Crippen LogP contribution in [0.3, 0.4) is 0 Å². The van der Waals surface area contributed by atoms with E-state index < -0.39 is 4.92 Å². The van der Waals surface area contributed by atoms with Crippen LogP contribution in [0.15, 0.2) is 24.4 Å². The highest BCUT2D eigenvalue weighted by Gasteiger charge is 2.00. The van der Waals surface area contributed by atoms with Crippen molar-refractivity contribution in [1.82, 2.24) is 0 Å². The second-order valence-corrected chi connectivity index (χ2v) is 2.53. The van der Waals surface area contributed by atoms with E-state index in [0.29, 0.717) is 5.56 Å². The van der Waals surface area contributed by atoms with Crippen LogP contribution in [-0.4, -0.2) is 17.1 Å². The van der Waals surface area contributed by atoms with Gasteiger partial charge in [-0.05, 0) is 17.7 Å². The van der Waals surface area contributed by atoms with Crippen LogP contribution >= 0.6 is 0 Å². The van der Waals surface area contributed by atoms with Crippen molar-refractivity contribution in [1.29, 1.82) is 0 Å². The molecule has 0 amide bonds. The predicted molar refractivity (Wildman–Crippen MR) is 50.7 cm³/mol. The van der Waals surface area contributed by atoms with Crippen LogP contribution in [0.4, 0.5) is 0 Å². The summed E-state index contributed by atoms with van der Waals surface area (Å²) in [5, 5.41) is 19.3. The average molecular weight is 195 g/mol. The molecule has 74 valence electrons. The van der Waals surface area contributed by atoms with Gasteiger partial charge in [-0.3, -0.25) is 10.1 Å². The summed E-state index contributed by atoms with van der Waals surface area (Å²) in [6.45, 7) is 0. The lowest BCUT2D eigenvalue weighted by Gasteiger charge is -2.02. The predicted octanol–water partition coefficient (Wildman–Crippen LogP) is 1.65. The van der Waals surface area contributed by atoms with Crippen molar-refractivity contribution in [3.05, 3.63) is 40.1 Å². The summed E-state index contributed by atoms with van der Waals surface area (Å²) in [5.74, 6) is 0.293. The van der Waals surface area contributed by atoms with Crippen LogP contribution in [0.25, 0.3) is 6.08 Å². The lowest BCUT2D eigenvalue weighted by molar-refractivity contribution is -0.400. The molecule has 5 nitrogen and oxygen atoms in total. The second-order valence-electron chi connectivity index (χ2n) is 2.53. The van der Waals surface area contributed by atoms with Gasteiger partial charge >= 0.3 is 0 Å². The van der Waals surface area contributed by atoms with E-state index in [1.807, 2.05) is 0 Å². The first-order valence-electron chi connectivity index (χ1n) is 3.82. The number of phenols is 1. The maximum atomic E-state index is 10.0. The molecule has 0 atom stereocenters. The molecule has 0 saturated heterocycles. The quantitative estimate of drug-likeness (QED) is 0.587. The molecule has 0 aliphatic heterocycles. The number of benzene rings is 1. The Kier molecular flexibility index (Phi) is 3.06. The van der Waals surface area contributed by atoms with Crippen LogP contribution in [-0.2, 0) is 0 Å².